The number of pyridine rings is 1. The number of hydrogen-bond donors (Lipinski definition) is 2. The summed E-state index contributed by atoms with van der Waals surface area (Å²) in [6, 6.07) is 5.85. The van der Waals surface area contributed by atoms with Gasteiger partial charge < -0.3 is 19.8 Å². The molecule has 0 unspecified atom stereocenters. The smallest absolute Gasteiger partial charge is 0.303 e. The van der Waals surface area contributed by atoms with Gasteiger partial charge in [-0.2, -0.15) is 0 Å². The number of fused-ring (bicyclic) bond motifs is 1. The number of piperidine rings is 1. The highest BCUT2D eigenvalue weighted by Crippen LogP contribution is 2.41. The van der Waals surface area contributed by atoms with E-state index in [1.54, 1.807) is 13.3 Å². The zero-order chi connectivity index (χ0) is 24.7. The lowest BCUT2D eigenvalue weighted by Gasteiger charge is -2.42. The van der Waals surface area contributed by atoms with Crippen LogP contribution in [0, 0.1) is 11.3 Å². The van der Waals surface area contributed by atoms with E-state index in [0.717, 1.165) is 78.9 Å². The molecule has 0 spiro atoms. The van der Waals surface area contributed by atoms with Crippen molar-refractivity contribution >= 4 is 16.9 Å². The molecule has 2 N–H and O–H groups in total. The quantitative estimate of drug-likeness (QED) is 0.435. The molecule has 2 aromatic rings. The standard InChI is InChI=1S/C29H42N2O4/c1-35-24-9-10-27-26(18-24)25(23(21-32)20-30-27)8-5-12-29(19-28(33)34)13-16-31(17-14-29)15-11-22-6-3-2-4-7-22/h9-10,18,20,22,32H,2-8,11-17,19,21H2,1H3,(H,33,34). The zero-order valence-electron chi connectivity index (χ0n) is 21.3. The third kappa shape index (κ3) is 6.73. The van der Waals surface area contributed by atoms with Gasteiger partial charge in [0.1, 0.15) is 5.75 Å². The fourth-order valence-corrected chi connectivity index (χ4v) is 6.39. The number of likely N-dealkylation sites (tertiary alicyclic amines) is 1. The molecule has 2 aliphatic rings. The number of carboxylic acid groups (broad SMARTS) is 1. The average molecular weight is 483 g/mol. The number of benzene rings is 1. The normalized spacial score (nSPS) is 19.1. The first kappa shape index (κ1) is 25.9. The molecular formula is C29H42N2O4. The Hall–Kier alpha value is -2.18. The van der Waals surface area contributed by atoms with Gasteiger partial charge >= 0.3 is 5.97 Å². The summed E-state index contributed by atoms with van der Waals surface area (Å²) in [5.41, 5.74) is 2.71. The lowest BCUT2D eigenvalue weighted by atomic mass is 9.71. The molecule has 2 heterocycles. The molecule has 1 aromatic heterocycles. The third-order valence-electron chi connectivity index (χ3n) is 8.60. The summed E-state index contributed by atoms with van der Waals surface area (Å²) in [5.74, 6) is 0.985. The van der Waals surface area contributed by atoms with Crippen molar-refractivity contribution in [2.45, 2.75) is 83.7 Å². The SMILES string of the molecule is COc1ccc2ncc(CO)c(CCCC3(CC(=O)O)CCN(CCC4CCCCC4)CC3)c2c1. The van der Waals surface area contributed by atoms with Gasteiger partial charge in [-0.15, -0.1) is 0 Å². The Kier molecular flexibility index (Phi) is 9.01. The van der Waals surface area contributed by atoms with Gasteiger partial charge in [0.25, 0.3) is 0 Å². The molecule has 2 fully saturated rings. The Bertz CT molecular complexity index is 973. The van der Waals surface area contributed by atoms with Crippen molar-refractivity contribution in [3.63, 3.8) is 0 Å². The van der Waals surface area contributed by atoms with E-state index in [0.29, 0.717) is 0 Å². The van der Waals surface area contributed by atoms with Gasteiger partial charge in [0.15, 0.2) is 0 Å². The highest BCUT2D eigenvalue weighted by Gasteiger charge is 2.36. The van der Waals surface area contributed by atoms with Crippen LogP contribution in [-0.2, 0) is 17.8 Å². The lowest BCUT2D eigenvalue weighted by molar-refractivity contribution is -0.140. The van der Waals surface area contributed by atoms with E-state index in [4.69, 9.17) is 4.74 Å². The largest absolute Gasteiger partial charge is 0.497 e. The summed E-state index contributed by atoms with van der Waals surface area (Å²) in [6.45, 7) is 3.14. The number of carbonyl (C=O) groups is 1. The second kappa shape index (κ2) is 12.2. The summed E-state index contributed by atoms with van der Waals surface area (Å²) in [4.78, 5) is 18.9. The number of aryl methyl sites for hydroxylation is 1. The van der Waals surface area contributed by atoms with Gasteiger partial charge in [0.05, 0.1) is 25.7 Å². The topological polar surface area (TPSA) is 82.9 Å². The van der Waals surface area contributed by atoms with Crippen LogP contribution in [0.4, 0.5) is 0 Å². The van der Waals surface area contributed by atoms with E-state index in [2.05, 4.69) is 9.88 Å². The maximum absolute atomic E-state index is 11.8. The molecule has 35 heavy (non-hydrogen) atoms. The van der Waals surface area contributed by atoms with Gasteiger partial charge in [0, 0.05) is 11.6 Å². The van der Waals surface area contributed by atoms with Crippen molar-refractivity contribution < 1.29 is 19.7 Å². The van der Waals surface area contributed by atoms with Crippen molar-refractivity contribution in [1.82, 2.24) is 9.88 Å². The molecule has 192 valence electrons. The number of methoxy groups -OCH3 is 1. The molecule has 1 saturated carbocycles. The Morgan fingerprint density at radius 1 is 1.20 bits per heavy atom. The van der Waals surface area contributed by atoms with Gasteiger partial charge in [0.2, 0.25) is 0 Å². The van der Waals surface area contributed by atoms with E-state index in [-0.39, 0.29) is 18.4 Å². The van der Waals surface area contributed by atoms with Crippen LogP contribution in [0.2, 0.25) is 0 Å². The predicted molar refractivity (Wildman–Crippen MR) is 139 cm³/mol. The summed E-state index contributed by atoms with van der Waals surface area (Å²) in [6.07, 6.45) is 14.8. The number of nitrogens with zero attached hydrogens (tertiary/aromatic N) is 2. The van der Waals surface area contributed by atoms with E-state index >= 15 is 0 Å². The van der Waals surface area contributed by atoms with Crippen LogP contribution in [0.1, 0.15) is 81.8 Å². The van der Waals surface area contributed by atoms with Crippen molar-refractivity contribution in [3.8, 4) is 5.75 Å². The summed E-state index contributed by atoms with van der Waals surface area (Å²) >= 11 is 0. The third-order valence-corrected chi connectivity index (χ3v) is 8.60. The van der Waals surface area contributed by atoms with Crippen molar-refractivity contribution in [2.75, 3.05) is 26.7 Å². The molecule has 0 amide bonds. The number of aromatic nitrogens is 1. The molecule has 6 heteroatoms. The number of aliphatic hydroxyl groups is 1. The fraction of sp³-hybridized carbons (Fsp3) is 0.655. The minimum Gasteiger partial charge on any atom is -0.497 e. The number of rotatable bonds is 11. The van der Waals surface area contributed by atoms with E-state index in [1.807, 2.05) is 18.2 Å². The van der Waals surface area contributed by atoms with Crippen molar-refractivity contribution in [3.05, 3.63) is 35.5 Å². The number of aliphatic carboxylic acids is 1. The number of aliphatic hydroxyl groups excluding tert-OH is 1. The fourth-order valence-electron chi connectivity index (χ4n) is 6.39. The molecule has 1 saturated heterocycles. The van der Waals surface area contributed by atoms with E-state index in [1.165, 1.54) is 45.1 Å². The molecule has 0 radical (unpaired) electrons. The Labute approximate surface area is 209 Å². The van der Waals surface area contributed by atoms with Gasteiger partial charge in [-0.25, -0.2) is 0 Å². The van der Waals surface area contributed by atoms with Crippen LogP contribution >= 0.6 is 0 Å². The second-order valence-corrected chi connectivity index (χ2v) is 10.9. The van der Waals surface area contributed by atoms with Crippen LogP contribution < -0.4 is 4.74 Å². The molecular weight excluding hydrogens is 440 g/mol. The number of ether oxygens (including phenoxy) is 1. The predicted octanol–water partition coefficient (Wildman–Crippen LogP) is 5.59. The average Bonchev–Trinajstić information content (AvgIpc) is 2.88. The van der Waals surface area contributed by atoms with Crippen molar-refractivity contribution in [1.29, 1.82) is 0 Å². The maximum atomic E-state index is 11.8. The van der Waals surface area contributed by atoms with Crippen LogP contribution in [0.3, 0.4) is 0 Å². The molecule has 0 atom stereocenters. The highest BCUT2D eigenvalue weighted by atomic mass is 16.5. The molecule has 1 aliphatic heterocycles. The molecule has 1 aromatic carbocycles. The lowest BCUT2D eigenvalue weighted by Crippen LogP contribution is -2.42. The maximum Gasteiger partial charge on any atom is 0.303 e. The summed E-state index contributed by atoms with van der Waals surface area (Å²) in [5, 5.41) is 20.7. The highest BCUT2D eigenvalue weighted by molar-refractivity contribution is 5.84. The Balaban J connectivity index is 1.38. The molecule has 1 aliphatic carbocycles. The van der Waals surface area contributed by atoms with E-state index < -0.39 is 5.97 Å². The second-order valence-electron chi connectivity index (χ2n) is 10.9. The first-order valence-corrected chi connectivity index (χ1v) is 13.5. The molecule has 6 nitrogen and oxygen atoms in total. The molecule has 0 bridgehead atoms. The van der Waals surface area contributed by atoms with Crippen LogP contribution in [0.5, 0.6) is 5.75 Å². The van der Waals surface area contributed by atoms with Crippen LogP contribution in [-0.4, -0.2) is 52.8 Å². The first-order chi connectivity index (χ1) is 17.0. The Morgan fingerprint density at radius 2 is 1.97 bits per heavy atom. The monoisotopic (exact) mass is 482 g/mol. The van der Waals surface area contributed by atoms with E-state index in [9.17, 15) is 15.0 Å². The van der Waals surface area contributed by atoms with Gasteiger partial charge in [-0.1, -0.05) is 32.1 Å². The minimum absolute atomic E-state index is 0.0499. The zero-order valence-corrected chi connectivity index (χ0v) is 21.3. The Morgan fingerprint density at radius 3 is 2.66 bits per heavy atom. The van der Waals surface area contributed by atoms with Crippen LogP contribution in [0.15, 0.2) is 24.4 Å². The summed E-state index contributed by atoms with van der Waals surface area (Å²) < 4.78 is 5.42. The van der Waals surface area contributed by atoms with Gasteiger partial charge in [-0.05, 0) is 98.8 Å². The number of hydrogen-bond acceptors (Lipinski definition) is 5. The summed E-state index contributed by atoms with van der Waals surface area (Å²) in [7, 11) is 1.65. The van der Waals surface area contributed by atoms with Crippen LogP contribution in [0.25, 0.3) is 10.9 Å². The van der Waals surface area contributed by atoms with Gasteiger partial charge in [-0.3, -0.25) is 9.78 Å². The first-order valence-electron chi connectivity index (χ1n) is 13.5. The minimum atomic E-state index is -0.684. The molecule has 4 rings (SSSR count). The van der Waals surface area contributed by atoms with Crippen molar-refractivity contribution in [2.24, 2.45) is 11.3 Å². The number of carboxylic acids is 1.